The molecule has 3 nitrogen and oxygen atoms in total. The Labute approximate surface area is 143 Å². The van der Waals surface area contributed by atoms with E-state index in [2.05, 4.69) is 0 Å². The summed E-state index contributed by atoms with van der Waals surface area (Å²) < 4.78 is 0. The van der Waals surface area contributed by atoms with Crippen molar-refractivity contribution in [2.45, 2.75) is 32.8 Å². The maximum Gasteiger partial charge on any atom is 0.0761 e. The van der Waals surface area contributed by atoms with Gasteiger partial charge in [-0.1, -0.05) is 59.6 Å². The summed E-state index contributed by atoms with van der Waals surface area (Å²) in [5, 5.41) is 12.2. The second-order valence-electron chi connectivity index (χ2n) is 6.29. The molecule has 0 amide bonds. The number of anilines is 1. The van der Waals surface area contributed by atoms with E-state index in [1.54, 1.807) is 24.9 Å². The average molecular weight is 331 g/mol. The number of hydrogen-bond donors (Lipinski definition) is 2. The van der Waals surface area contributed by atoms with Gasteiger partial charge in [0.2, 0.25) is 0 Å². The van der Waals surface area contributed by atoms with Gasteiger partial charge < -0.3 is 5.11 Å². The molecule has 0 atom stereocenters. The Balaban J connectivity index is 2.45. The summed E-state index contributed by atoms with van der Waals surface area (Å²) in [4.78, 5) is 0. The first-order chi connectivity index (χ1) is 10.8. The van der Waals surface area contributed by atoms with E-state index in [0.717, 1.165) is 16.9 Å². The molecule has 122 valence electrons. The number of benzene rings is 2. The van der Waals surface area contributed by atoms with E-state index in [1.165, 1.54) is 5.56 Å². The van der Waals surface area contributed by atoms with E-state index >= 15 is 0 Å². The van der Waals surface area contributed by atoms with Crippen LogP contribution in [-0.2, 0) is 0 Å². The Morgan fingerprint density at radius 1 is 1.17 bits per heavy atom. The topological polar surface area (TPSA) is 49.5 Å². The molecule has 0 unspecified atom stereocenters. The number of nitrogens with two attached hydrogens (primary N) is 1. The van der Waals surface area contributed by atoms with Crippen molar-refractivity contribution in [3.05, 3.63) is 70.8 Å². The van der Waals surface area contributed by atoms with Gasteiger partial charge in [0.1, 0.15) is 0 Å². The first-order valence-corrected chi connectivity index (χ1v) is 7.95. The molecule has 0 heterocycles. The highest BCUT2D eigenvalue weighted by atomic mass is 35.5. The minimum absolute atomic E-state index is 0.481. The third-order valence-electron chi connectivity index (χ3n) is 3.51. The second kappa shape index (κ2) is 7.18. The number of para-hydroxylation sites is 1. The van der Waals surface area contributed by atoms with E-state index in [-0.39, 0.29) is 0 Å². The van der Waals surface area contributed by atoms with Crippen LogP contribution in [-0.4, -0.2) is 10.7 Å². The smallest absolute Gasteiger partial charge is 0.0761 e. The van der Waals surface area contributed by atoms with Crippen LogP contribution in [0.3, 0.4) is 0 Å². The van der Waals surface area contributed by atoms with Crippen LogP contribution in [0.4, 0.5) is 5.69 Å². The molecule has 0 aliphatic heterocycles. The average Bonchev–Trinajstić information content (AvgIpc) is 2.48. The van der Waals surface area contributed by atoms with E-state index in [9.17, 15) is 5.11 Å². The highest BCUT2D eigenvalue weighted by Crippen LogP contribution is 2.30. The van der Waals surface area contributed by atoms with E-state index < -0.39 is 5.60 Å². The normalized spacial score (nSPS) is 12.3. The minimum atomic E-state index is -0.808. The fraction of sp³-hybridized carbons (Fsp3) is 0.263. The quantitative estimate of drug-likeness (QED) is 0.625. The summed E-state index contributed by atoms with van der Waals surface area (Å²) in [5.41, 5.74) is 2.87. The number of halogens is 1. The Kier molecular flexibility index (Phi) is 5.47. The predicted molar refractivity (Wildman–Crippen MR) is 98.2 cm³/mol. The Bertz CT molecular complexity index is 687. The van der Waals surface area contributed by atoms with Gasteiger partial charge in [-0.15, -0.1) is 0 Å². The van der Waals surface area contributed by atoms with Crippen molar-refractivity contribution < 1.29 is 5.11 Å². The van der Waals surface area contributed by atoms with Gasteiger partial charge in [0.25, 0.3) is 0 Å². The van der Waals surface area contributed by atoms with E-state index in [1.807, 2.05) is 55.5 Å². The van der Waals surface area contributed by atoms with Crippen molar-refractivity contribution in [1.29, 1.82) is 0 Å². The lowest BCUT2D eigenvalue weighted by molar-refractivity contribution is 0.0840. The fourth-order valence-corrected chi connectivity index (χ4v) is 2.43. The van der Waals surface area contributed by atoms with Crippen LogP contribution in [0.1, 0.15) is 31.4 Å². The number of hydrazine groups is 1. The fourth-order valence-electron chi connectivity index (χ4n) is 2.20. The molecule has 23 heavy (non-hydrogen) atoms. The van der Waals surface area contributed by atoms with Crippen LogP contribution >= 0.6 is 11.6 Å². The standard InChI is InChI=1S/C19H23ClN2O/c1-14-8-10-15(11-9-14)17(12-13-19(2,3)23)22(21)18-7-5-4-6-16(18)20/h4-12,23H,13,21H2,1-3H3/b17-12-. The number of rotatable bonds is 5. The monoisotopic (exact) mass is 330 g/mol. The summed E-state index contributed by atoms with van der Waals surface area (Å²) in [5.74, 6) is 6.34. The van der Waals surface area contributed by atoms with Gasteiger partial charge in [-0.2, -0.15) is 0 Å². The highest BCUT2D eigenvalue weighted by molar-refractivity contribution is 6.33. The van der Waals surface area contributed by atoms with Gasteiger partial charge in [0, 0.05) is 0 Å². The summed E-state index contributed by atoms with van der Waals surface area (Å²) in [6.07, 6.45) is 2.42. The molecule has 4 heteroatoms. The summed E-state index contributed by atoms with van der Waals surface area (Å²) in [6.45, 7) is 5.58. The Morgan fingerprint density at radius 3 is 2.35 bits per heavy atom. The van der Waals surface area contributed by atoms with Crippen LogP contribution in [0.15, 0.2) is 54.6 Å². The van der Waals surface area contributed by atoms with Gasteiger partial charge in [0.15, 0.2) is 0 Å². The zero-order chi connectivity index (χ0) is 17.0. The zero-order valence-electron chi connectivity index (χ0n) is 13.8. The van der Waals surface area contributed by atoms with Gasteiger partial charge in [0.05, 0.1) is 22.0 Å². The molecule has 0 aliphatic carbocycles. The predicted octanol–water partition coefficient (Wildman–Crippen LogP) is 4.53. The van der Waals surface area contributed by atoms with E-state index in [4.69, 9.17) is 17.4 Å². The van der Waals surface area contributed by atoms with Crippen molar-refractivity contribution in [3.63, 3.8) is 0 Å². The molecule has 2 aromatic carbocycles. The van der Waals surface area contributed by atoms with Gasteiger partial charge in [-0.3, -0.25) is 5.01 Å². The SMILES string of the molecule is Cc1ccc(/C(=C/CC(C)(C)O)N(N)c2ccccc2Cl)cc1. The molecule has 0 saturated carbocycles. The third kappa shape index (κ3) is 4.83. The zero-order valence-corrected chi connectivity index (χ0v) is 14.5. The van der Waals surface area contributed by atoms with Crippen molar-refractivity contribution in [2.75, 3.05) is 5.01 Å². The largest absolute Gasteiger partial charge is 0.390 e. The van der Waals surface area contributed by atoms with Crippen LogP contribution in [0.5, 0.6) is 0 Å². The van der Waals surface area contributed by atoms with Crippen LogP contribution in [0.25, 0.3) is 5.70 Å². The molecule has 2 rings (SSSR count). The first-order valence-electron chi connectivity index (χ1n) is 7.57. The first kappa shape index (κ1) is 17.5. The molecule has 2 aromatic rings. The third-order valence-corrected chi connectivity index (χ3v) is 3.83. The maximum atomic E-state index is 10.0. The molecule has 0 fully saturated rings. The lowest BCUT2D eigenvalue weighted by Crippen LogP contribution is -2.30. The summed E-state index contributed by atoms with van der Waals surface area (Å²) >= 11 is 6.27. The molecule has 0 radical (unpaired) electrons. The van der Waals surface area contributed by atoms with Crippen LogP contribution in [0, 0.1) is 6.92 Å². The summed E-state index contributed by atoms with van der Waals surface area (Å²) in [7, 11) is 0. The second-order valence-corrected chi connectivity index (χ2v) is 6.70. The number of nitrogens with zero attached hydrogens (tertiary/aromatic N) is 1. The van der Waals surface area contributed by atoms with Gasteiger partial charge >= 0.3 is 0 Å². The van der Waals surface area contributed by atoms with E-state index in [0.29, 0.717) is 11.4 Å². The van der Waals surface area contributed by atoms with Crippen LogP contribution in [0.2, 0.25) is 5.02 Å². The Morgan fingerprint density at radius 2 is 1.78 bits per heavy atom. The van der Waals surface area contributed by atoms with Gasteiger partial charge in [-0.25, -0.2) is 5.84 Å². The lowest BCUT2D eigenvalue weighted by Gasteiger charge is -2.25. The number of aryl methyl sites for hydroxylation is 1. The molecule has 0 aliphatic rings. The number of aliphatic hydroxyl groups is 1. The summed E-state index contributed by atoms with van der Waals surface area (Å²) in [6, 6.07) is 15.5. The molecular formula is C19H23ClN2O. The molecule has 0 aromatic heterocycles. The van der Waals surface area contributed by atoms with Crippen molar-refractivity contribution in [1.82, 2.24) is 0 Å². The number of hydrogen-bond acceptors (Lipinski definition) is 3. The van der Waals surface area contributed by atoms with Gasteiger partial charge in [-0.05, 0) is 44.9 Å². The minimum Gasteiger partial charge on any atom is -0.390 e. The van der Waals surface area contributed by atoms with Crippen molar-refractivity contribution in [2.24, 2.45) is 5.84 Å². The molecule has 0 bridgehead atoms. The van der Waals surface area contributed by atoms with Crippen molar-refractivity contribution in [3.8, 4) is 0 Å². The molecule has 3 N–H and O–H groups in total. The van der Waals surface area contributed by atoms with Crippen LogP contribution < -0.4 is 10.9 Å². The molecule has 0 spiro atoms. The molecule has 0 saturated heterocycles. The Hall–Kier alpha value is -1.81. The highest BCUT2D eigenvalue weighted by Gasteiger charge is 2.16. The lowest BCUT2D eigenvalue weighted by atomic mass is 10.0. The maximum absolute atomic E-state index is 10.0. The van der Waals surface area contributed by atoms with Crippen molar-refractivity contribution >= 4 is 23.0 Å². The molecular weight excluding hydrogens is 308 g/mol.